The SMILES string of the molecule is COC(C)c1nnnn1C(CC(=O)O)CC(C)(C)C. The highest BCUT2D eigenvalue weighted by Crippen LogP contribution is 2.30. The number of nitrogens with zero attached hydrogens (tertiary/aromatic N) is 4. The summed E-state index contributed by atoms with van der Waals surface area (Å²) in [7, 11) is 1.57. The molecule has 2 unspecified atom stereocenters. The summed E-state index contributed by atoms with van der Waals surface area (Å²) in [6.07, 6.45) is 0.394. The van der Waals surface area contributed by atoms with E-state index in [0.29, 0.717) is 12.2 Å². The topological polar surface area (TPSA) is 90.1 Å². The molecule has 19 heavy (non-hydrogen) atoms. The molecule has 0 aliphatic heterocycles. The largest absolute Gasteiger partial charge is 0.481 e. The third-order valence-electron chi connectivity index (χ3n) is 2.84. The lowest BCUT2D eigenvalue weighted by atomic mass is 9.87. The Kier molecular flexibility index (Phi) is 4.99. The Balaban J connectivity index is 3.03. The summed E-state index contributed by atoms with van der Waals surface area (Å²) in [4.78, 5) is 11.0. The van der Waals surface area contributed by atoms with Gasteiger partial charge in [-0.2, -0.15) is 0 Å². The number of carboxylic acid groups (broad SMARTS) is 1. The van der Waals surface area contributed by atoms with Gasteiger partial charge in [0.05, 0.1) is 12.5 Å². The Morgan fingerprint density at radius 1 is 1.47 bits per heavy atom. The van der Waals surface area contributed by atoms with Crippen molar-refractivity contribution in [1.29, 1.82) is 0 Å². The molecule has 0 aliphatic carbocycles. The van der Waals surface area contributed by atoms with Crippen LogP contribution in [0.2, 0.25) is 0 Å². The van der Waals surface area contributed by atoms with Crippen LogP contribution in [-0.4, -0.2) is 38.4 Å². The van der Waals surface area contributed by atoms with Gasteiger partial charge in [0.1, 0.15) is 6.10 Å². The predicted octanol–water partition coefficient (Wildman–Crippen LogP) is 1.83. The Morgan fingerprint density at radius 3 is 2.58 bits per heavy atom. The average molecular weight is 270 g/mol. The Morgan fingerprint density at radius 2 is 2.11 bits per heavy atom. The summed E-state index contributed by atoms with van der Waals surface area (Å²) in [5.41, 5.74) is -0.0142. The number of ether oxygens (including phenoxy) is 1. The molecule has 1 aromatic heterocycles. The standard InChI is InChI=1S/C12H22N4O3/c1-8(19-5)11-13-14-15-16(11)9(6-10(17)18)7-12(2,3)4/h8-9H,6-7H2,1-5H3,(H,17,18). The second-order valence-corrected chi connectivity index (χ2v) is 5.88. The fourth-order valence-electron chi connectivity index (χ4n) is 1.99. The number of methoxy groups -OCH3 is 1. The molecule has 0 spiro atoms. The molecule has 0 saturated carbocycles. The summed E-state index contributed by atoms with van der Waals surface area (Å²) in [6, 6.07) is -0.278. The van der Waals surface area contributed by atoms with Crippen molar-refractivity contribution in [2.24, 2.45) is 5.41 Å². The molecule has 1 heterocycles. The second kappa shape index (κ2) is 6.10. The molecule has 1 N–H and O–H groups in total. The number of hydrogen-bond donors (Lipinski definition) is 1. The summed E-state index contributed by atoms with van der Waals surface area (Å²) in [6.45, 7) is 8.01. The monoisotopic (exact) mass is 270 g/mol. The summed E-state index contributed by atoms with van der Waals surface area (Å²) in [5.74, 6) is -0.307. The van der Waals surface area contributed by atoms with Crippen molar-refractivity contribution in [2.75, 3.05) is 7.11 Å². The summed E-state index contributed by atoms with van der Waals surface area (Å²) in [5, 5.41) is 20.6. The lowest BCUT2D eigenvalue weighted by Gasteiger charge is -2.26. The zero-order valence-electron chi connectivity index (χ0n) is 12.1. The van der Waals surface area contributed by atoms with E-state index < -0.39 is 5.97 Å². The smallest absolute Gasteiger partial charge is 0.305 e. The minimum Gasteiger partial charge on any atom is -0.481 e. The molecule has 0 fully saturated rings. The van der Waals surface area contributed by atoms with Gasteiger partial charge in [0.2, 0.25) is 0 Å². The molecule has 0 saturated heterocycles. The van der Waals surface area contributed by atoms with Crippen LogP contribution in [-0.2, 0) is 9.53 Å². The molecule has 0 amide bonds. The molecule has 7 heteroatoms. The van der Waals surface area contributed by atoms with E-state index >= 15 is 0 Å². The molecule has 2 atom stereocenters. The maximum Gasteiger partial charge on any atom is 0.305 e. The van der Waals surface area contributed by atoms with Crippen LogP contribution in [0.5, 0.6) is 0 Å². The lowest BCUT2D eigenvalue weighted by Crippen LogP contribution is -2.23. The molecular formula is C12H22N4O3. The highest BCUT2D eigenvalue weighted by Gasteiger charge is 2.27. The molecular weight excluding hydrogens is 248 g/mol. The van der Waals surface area contributed by atoms with Crippen LogP contribution in [0.4, 0.5) is 0 Å². The first-order valence-electron chi connectivity index (χ1n) is 6.27. The number of tetrazole rings is 1. The van der Waals surface area contributed by atoms with E-state index in [1.807, 2.05) is 6.92 Å². The third kappa shape index (κ3) is 4.59. The summed E-state index contributed by atoms with van der Waals surface area (Å²) >= 11 is 0. The Labute approximate surface area is 112 Å². The first-order chi connectivity index (χ1) is 8.74. The van der Waals surface area contributed by atoms with Gasteiger partial charge in [0.25, 0.3) is 0 Å². The van der Waals surface area contributed by atoms with E-state index in [1.165, 1.54) is 0 Å². The van der Waals surface area contributed by atoms with E-state index in [4.69, 9.17) is 9.84 Å². The number of hydrogen-bond acceptors (Lipinski definition) is 5. The highest BCUT2D eigenvalue weighted by atomic mass is 16.5. The van der Waals surface area contributed by atoms with Gasteiger partial charge in [-0.15, -0.1) is 5.10 Å². The van der Waals surface area contributed by atoms with Gasteiger partial charge in [-0.3, -0.25) is 4.79 Å². The van der Waals surface area contributed by atoms with Crippen molar-refractivity contribution in [3.8, 4) is 0 Å². The summed E-state index contributed by atoms with van der Waals surface area (Å²) < 4.78 is 6.79. The molecule has 0 radical (unpaired) electrons. The maximum atomic E-state index is 11.0. The fourth-order valence-corrected chi connectivity index (χ4v) is 1.99. The van der Waals surface area contributed by atoms with Gasteiger partial charge in [0.15, 0.2) is 5.82 Å². The van der Waals surface area contributed by atoms with E-state index in [2.05, 4.69) is 36.3 Å². The molecule has 0 bridgehead atoms. The van der Waals surface area contributed by atoms with Crippen LogP contribution in [0.15, 0.2) is 0 Å². The number of aromatic nitrogens is 4. The van der Waals surface area contributed by atoms with Crippen molar-refractivity contribution in [3.05, 3.63) is 5.82 Å². The maximum absolute atomic E-state index is 11.0. The van der Waals surface area contributed by atoms with Crippen molar-refractivity contribution in [3.63, 3.8) is 0 Å². The van der Waals surface area contributed by atoms with Crippen LogP contribution in [0.3, 0.4) is 0 Å². The third-order valence-corrected chi connectivity index (χ3v) is 2.84. The van der Waals surface area contributed by atoms with Crippen LogP contribution in [0.1, 0.15) is 58.5 Å². The molecule has 0 aromatic carbocycles. The second-order valence-electron chi connectivity index (χ2n) is 5.88. The van der Waals surface area contributed by atoms with Gasteiger partial charge < -0.3 is 9.84 Å². The van der Waals surface area contributed by atoms with Crippen molar-refractivity contribution < 1.29 is 14.6 Å². The first kappa shape index (κ1) is 15.6. The van der Waals surface area contributed by atoms with Crippen LogP contribution in [0, 0.1) is 5.41 Å². The quantitative estimate of drug-likeness (QED) is 0.848. The van der Waals surface area contributed by atoms with Gasteiger partial charge in [-0.05, 0) is 29.2 Å². The number of aliphatic carboxylic acids is 1. The minimum atomic E-state index is -0.860. The number of carboxylic acids is 1. The lowest BCUT2D eigenvalue weighted by molar-refractivity contribution is -0.138. The number of carbonyl (C=O) groups is 1. The van der Waals surface area contributed by atoms with Gasteiger partial charge in [-0.25, -0.2) is 4.68 Å². The normalized spacial score (nSPS) is 15.2. The Hall–Kier alpha value is -1.50. The fraction of sp³-hybridized carbons (Fsp3) is 0.833. The molecule has 108 valence electrons. The predicted molar refractivity (Wildman–Crippen MR) is 68.6 cm³/mol. The van der Waals surface area contributed by atoms with Crippen LogP contribution >= 0.6 is 0 Å². The first-order valence-corrected chi connectivity index (χ1v) is 6.27. The minimum absolute atomic E-state index is 0.00819. The zero-order chi connectivity index (χ0) is 14.6. The molecule has 0 aliphatic rings. The van der Waals surface area contributed by atoms with E-state index in [1.54, 1.807) is 11.8 Å². The van der Waals surface area contributed by atoms with Crippen LogP contribution in [0.25, 0.3) is 0 Å². The van der Waals surface area contributed by atoms with Crippen molar-refractivity contribution in [2.45, 2.75) is 52.7 Å². The molecule has 7 nitrogen and oxygen atoms in total. The zero-order valence-corrected chi connectivity index (χ0v) is 12.1. The number of rotatable bonds is 6. The van der Waals surface area contributed by atoms with Crippen LogP contribution < -0.4 is 0 Å². The molecule has 1 aromatic rings. The molecule has 1 rings (SSSR count). The van der Waals surface area contributed by atoms with Gasteiger partial charge in [-0.1, -0.05) is 20.8 Å². The average Bonchev–Trinajstić information content (AvgIpc) is 2.73. The van der Waals surface area contributed by atoms with Gasteiger partial charge in [0, 0.05) is 7.11 Å². The van der Waals surface area contributed by atoms with E-state index in [0.717, 1.165) is 0 Å². The van der Waals surface area contributed by atoms with Crippen molar-refractivity contribution in [1.82, 2.24) is 20.2 Å². The van der Waals surface area contributed by atoms with Gasteiger partial charge >= 0.3 is 5.97 Å². The highest BCUT2D eigenvalue weighted by molar-refractivity contribution is 5.67. The van der Waals surface area contributed by atoms with Crippen molar-refractivity contribution >= 4 is 5.97 Å². The van der Waals surface area contributed by atoms with E-state index in [9.17, 15) is 4.79 Å². The van der Waals surface area contributed by atoms with E-state index in [-0.39, 0.29) is 24.0 Å². The Bertz CT molecular complexity index is 425.